The van der Waals surface area contributed by atoms with Crippen LogP contribution in [0.4, 0.5) is 0 Å². The molecule has 1 amide bonds. The molecule has 0 atom stereocenters. The third-order valence-corrected chi connectivity index (χ3v) is 4.39. The van der Waals surface area contributed by atoms with E-state index < -0.39 is 0 Å². The summed E-state index contributed by atoms with van der Waals surface area (Å²) in [6, 6.07) is 3.82. The van der Waals surface area contributed by atoms with Crippen LogP contribution >= 0.6 is 11.6 Å². The molecule has 0 N–H and O–H groups in total. The molecule has 1 aromatic heterocycles. The highest BCUT2D eigenvalue weighted by atomic mass is 35.5. The first-order valence-corrected chi connectivity index (χ1v) is 7.47. The topological polar surface area (TPSA) is 33.5 Å². The molecule has 106 valence electrons. The number of hydrogen-bond donors (Lipinski definition) is 0. The van der Waals surface area contributed by atoms with Crippen LogP contribution in [0.2, 0.25) is 5.02 Å². The first-order chi connectivity index (χ1) is 9.65. The average molecular weight is 292 g/mol. The van der Waals surface area contributed by atoms with Crippen LogP contribution < -0.4 is 0 Å². The Balaban J connectivity index is 1.83. The Morgan fingerprint density at radius 1 is 1.30 bits per heavy atom. The number of benzene rings is 1. The van der Waals surface area contributed by atoms with E-state index in [-0.39, 0.29) is 5.91 Å². The molecule has 1 aliphatic rings. The van der Waals surface area contributed by atoms with Gasteiger partial charge in [-0.05, 0) is 43.9 Å². The Kier molecular flexibility index (Phi) is 3.70. The predicted octanol–water partition coefficient (Wildman–Crippen LogP) is 3.95. The summed E-state index contributed by atoms with van der Waals surface area (Å²) in [5.74, 6) is 0.184. The van der Waals surface area contributed by atoms with Crippen molar-refractivity contribution in [2.75, 3.05) is 13.1 Å². The van der Waals surface area contributed by atoms with E-state index in [0.717, 1.165) is 48.0 Å². The third-order valence-electron chi connectivity index (χ3n) is 3.99. The third kappa shape index (κ3) is 2.55. The van der Waals surface area contributed by atoms with E-state index in [1.807, 2.05) is 24.0 Å². The second-order valence-corrected chi connectivity index (χ2v) is 5.88. The highest BCUT2D eigenvalue weighted by molar-refractivity contribution is 6.32. The maximum atomic E-state index is 12.3. The summed E-state index contributed by atoms with van der Waals surface area (Å²) in [5.41, 5.74) is 2.72. The minimum atomic E-state index is 0.184. The predicted molar refractivity (Wildman–Crippen MR) is 80.1 cm³/mol. The number of likely N-dealkylation sites (tertiary alicyclic amines) is 1. The maximum Gasteiger partial charge on any atom is 0.227 e. The minimum Gasteiger partial charge on any atom is -0.464 e. The fourth-order valence-electron chi connectivity index (χ4n) is 2.76. The maximum absolute atomic E-state index is 12.3. The lowest BCUT2D eigenvalue weighted by Crippen LogP contribution is -2.36. The van der Waals surface area contributed by atoms with Crippen LogP contribution in [0.1, 0.15) is 30.4 Å². The zero-order valence-corrected chi connectivity index (χ0v) is 12.4. The van der Waals surface area contributed by atoms with Gasteiger partial charge in [0, 0.05) is 29.1 Å². The van der Waals surface area contributed by atoms with Gasteiger partial charge in [0.05, 0.1) is 12.7 Å². The summed E-state index contributed by atoms with van der Waals surface area (Å²) in [6.45, 7) is 3.71. The quantitative estimate of drug-likeness (QED) is 0.839. The molecule has 2 heterocycles. The number of nitrogens with zero attached hydrogens (tertiary/aromatic N) is 1. The molecule has 1 fully saturated rings. The molecule has 1 saturated heterocycles. The van der Waals surface area contributed by atoms with Gasteiger partial charge in [-0.25, -0.2) is 0 Å². The molecule has 2 aromatic rings. The van der Waals surface area contributed by atoms with Crippen molar-refractivity contribution in [3.8, 4) is 0 Å². The van der Waals surface area contributed by atoms with Gasteiger partial charge >= 0.3 is 0 Å². The van der Waals surface area contributed by atoms with Gasteiger partial charge in [0.15, 0.2) is 0 Å². The van der Waals surface area contributed by atoms with E-state index in [1.54, 1.807) is 6.26 Å². The largest absolute Gasteiger partial charge is 0.464 e. The van der Waals surface area contributed by atoms with Gasteiger partial charge < -0.3 is 9.32 Å². The van der Waals surface area contributed by atoms with Gasteiger partial charge in [-0.1, -0.05) is 11.6 Å². The Hall–Kier alpha value is -1.48. The number of furan rings is 1. The molecule has 0 saturated carbocycles. The number of carbonyl (C=O) groups excluding carboxylic acids is 1. The second kappa shape index (κ2) is 5.49. The van der Waals surface area contributed by atoms with Crippen molar-refractivity contribution in [2.45, 2.75) is 32.6 Å². The fraction of sp³-hybridized carbons (Fsp3) is 0.438. The second-order valence-electron chi connectivity index (χ2n) is 5.48. The summed E-state index contributed by atoms with van der Waals surface area (Å²) in [5, 5.41) is 1.66. The summed E-state index contributed by atoms with van der Waals surface area (Å²) >= 11 is 6.16. The standard InChI is InChI=1S/C16H18ClNO2/c1-11-7-15-13(9-14(11)17)12(10-20-15)8-16(19)18-5-3-2-4-6-18/h7,9-10H,2-6,8H2,1H3. The van der Waals surface area contributed by atoms with Crippen molar-refractivity contribution in [3.63, 3.8) is 0 Å². The molecule has 0 spiro atoms. The monoisotopic (exact) mass is 291 g/mol. The van der Waals surface area contributed by atoms with Crippen LogP contribution in [0.15, 0.2) is 22.8 Å². The van der Waals surface area contributed by atoms with Crippen LogP contribution in [0.5, 0.6) is 0 Å². The highest BCUT2D eigenvalue weighted by Crippen LogP contribution is 2.28. The van der Waals surface area contributed by atoms with E-state index in [4.69, 9.17) is 16.0 Å². The van der Waals surface area contributed by atoms with Gasteiger partial charge in [-0.15, -0.1) is 0 Å². The molecule has 1 aromatic carbocycles. The Bertz CT molecular complexity index is 641. The zero-order chi connectivity index (χ0) is 14.1. The summed E-state index contributed by atoms with van der Waals surface area (Å²) in [6.07, 6.45) is 5.54. The molecule has 20 heavy (non-hydrogen) atoms. The molecular weight excluding hydrogens is 274 g/mol. The lowest BCUT2D eigenvalue weighted by molar-refractivity contribution is -0.131. The van der Waals surface area contributed by atoms with Crippen molar-refractivity contribution in [2.24, 2.45) is 0 Å². The first-order valence-electron chi connectivity index (χ1n) is 7.09. The van der Waals surface area contributed by atoms with Crippen LogP contribution in [-0.4, -0.2) is 23.9 Å². The molecule has 0 radical (unpaired) electrons. The summed E-state index contributed by atoms with van der Waals surface area (Å²) in [7, 11) is 0. The SMILES string of the molecule is Cc1cc2occ(CC(=O)N3CCCCC3)c2cc1Cl. The minimum absolute atomic E-state index is 0.184. The first kappa shape index (κ1) is 13.5. The smallest absolute Gasteiger partial charge is 0.227 e. The lowest BCUT2D eigenvalue weighted by atomic mass is 10.1. The van der Waals surface area contributed by atoms with E-state index in [2.05, 4.69) is 0 Å². The van der Waals surface area contributed by atoms with Gasteiger partial charge in [-0.3, -0.25) is 4.79 Å². The van der Waals surface area contributed by atoms with Crippen molar-refractivity contribution in [3.05, 3.63) is 34.5 Å². The summed E-state index contributed by atoms with van der Waals surface area (Å²) < 4.78 is 5.54. The number of piperidine rings is 1. The van der Waals surface area contributed by atoms with Crippen LogP contribution in [-0.2, 0) is 11.2 Å². The molecular formula is C16H18ClNO2. The number of hydrogen-bond acceptors (Lipinski definition) is 2. The van der Waals surface area contributed by atoms with Crippen LogP contribution in [0.3, 0.4) is 0 Å². The zero-order valence-electron chi connectivity index (χ0n) is 11.6. The van der Waals surface area contributed by atoms with Crippen molar-refractivity contribution >= 4 is 28.5 Å². The molecule has 4 heteroatoms. The number of fused-ring (bicyclic) bond motifs is 1. The van der Waals surface area contributed by atoms with Crippen molar-refractivity contribution in [1.82, 2.24) is 4.90 Å². The van der Waals surface area contributed by atoms with E-state index in [9.17, 15) is 4.79 Å². The Morgan fingerprint density at radius 2 is 2.05 bits per heavy atom. The Labute approximate surface area is 123 Å². The van der Waals surface area contributed by atoms with Crippen LogP contribution in [0, 0.1) is 6.92 Å². The van der Waals surface area contributed by atoms with E-state index in [0.29, 0.717) is 11.4 Å². The normalized spacial score (nSPS) is 15.8. The Morgan fingerprint density at radius 3 is 2.80 bits per heavy atom. The molecule has 3 rings (SSSR count). The van der Waals surface area contributed by atoms with Crippen LogP contribution in [0.25, 0.3) is 11.0 Å². The van der Waals surface area contributed by atoms with Gasteiger partial charge in [0.2, 0.25) is 5.91 Å². The highest BCUT2D eigenvalue weighted by Gasteiger charge is 2.19. The summed E-state index contributed by atoms with van der Waals surface area (Å²) in [4.78, 5) is 14.3. The molecule has 3 nitrogen and oxygen atoms in total. The average Bonchev–Trinajstić information content (AvgIpc) is 2.83. The molecule has 0 bridgehead atoms. The van der Waals surface area contributed by atoms with E-state index >= 15 is 0 Å². The van der Waals surface area contributed by atoms with Gasteiger partial charge in [0.1, 0.15) is 5.58 Å². The molecule has 0 unspecified atom stereocenters. The molecule has 1 aliphatic heterocycles. The van der Waals surface area contributed by atoms with E-state index in [1.165, 1.54) is 6.42 Å². The molecule has 0 aliphatic carbocycles. The van der Waals surface area contributed by atoms with Crippen molar-refractivity contribution < 1.29 is 9.21 Å². The van der Waals surface area contributed by atoms with Crippen molar-refractivity contribution in [1.29, 1.82) is 0 Å². The lowest BCUT2D eigenvalue weighted by Gasteiger charge is -2.26. The number of carbonyl (C=O) groups is 1. The van der Waals surface area contributed by atoms with Gasteiger partial charge in [0.25, 0.3) is 0 Å². The van der Waals surface area contributed by atoms with Gasteiger partial charge in [-0.2, -0.15) is 0 Å². The number of amides is 1. The number of rotatable bonds is 2. The number of aryl methyl sites for hydroxylation is 1. The fourth-order valence-corrected chi connectivity index (χ4v) is 2.92. The number of halogens is 1.